The number of hydrogen-bond acceptors (Lipinski definition) is 5. The van der Waals surface area contributed by atoms with Crippen LogP contribution in [0.2, 0.25) is 0 Å². The third kappa shape index (κ3) is 6.14. The smallest absolute Gasteiger partial charge is 0.158 e. The number of ether oxygens (including phenoxy) is 1. The molecule has 25 heavy (non-hydrogen) atoms. The van der Waals surface area contributed by atoms with Crippen molar-refractivity contribution < 1.29 is 23.9 Å². The SMILES string of the molecule is COCC(=O)CCC(=O)C1CCC2C(=O)CCCCC(=O)CCC2C1. The van der Waals surface area contributed by atoms with E-state index in [1.165, 1.54) is 7.11 Å². The van der Waals surface area contributed by atoms with Crippen LogP contribution in [0.3, 0.4) is 0 Å². The lowest BCUT2D eigenvalue weighted by Gasteiger charge is -2.35. The molecule has 0 aliphatic heterocycles. The summed E-state index contributed by atoms with van der Waals surface area (Å²) in [4.78, 5) is 48.4. The van der Waals surface area contributed by atoms with Gasteiger partial charge in [-0.25, -0.2) is 0 Å². The Morgan fingerprint density at radius 2 is 1.76 bits per heavy atom. The molecule has 2 rings (SSSR count). The van der Waals surface area contributed by atoms with Gasteiger partial charge in [0.15, 0.2) is 5.78 Å². The lowest BCUT2D eigenvalue weighted by Crippen LogP contribution is -2.34. The van der Waals surface area contributed by atoms with Crippen molar-refractivity contribution in [1.82, 2.24) is 0 Å². The normalized spacial score (nSPS) is 28.3. The second kappa shape index (κ2) is 9.95. The molecule has 0 aromatic heterocycles. The standard InChI is InChI=1S/C20H30O5/c1-25-13-17(22)9-11-19(23)15-7-10-18-14(12-15)6-8-16(21)4-2-3-5-20(18)24/h14-15,18H,2-13H2,1H3. The summed E-state index contributed by atoms with van der Waals surface area (Å²) in [6.45, 7) is 0.0548. The molecule has 0 amide bonds. The molecule has 0 heterocycles. The molecule has 5 nitrogen and oxygen atoms in total. The molecule has 0 saturated heterocycles. The van der Waals surface area contributed by atoms with E-state index >= 15 is 0 Å². The van der Waals surface area contributed by atoms with Crippen molar-refractivity contribution in [3.8, 4) is 0 Å². The highest BCUT2D eigenvalue weighted by atomic mass is 16.5. The fourth-order valence-electron chi connectivity index (χ4n) is 4.28. The molecule has 0 aromatic carbocycles. The Balaban J connectivity index is 1.93. The van der Waals surface area contributed by atoms with Crippen LogP contribution in [0.4, 0.5) is 0 Å². The Morgan fingerprint density at radius 3 is 2.52 bits per heavy atom. The largest absolute Gasteiger partial charge is 0.377 e. The van der Waals surface area contributed by atoms with Crippen LogP contribution in [-0.4, -0.2) is 36.8 Å². The minimum Gasteiger partial charge on any atom is -0.377 e. The fraction of sp³-hybridized carbons (Fsp3) is 0.800. The molecule has 3 unspecified atom stereocenters. The van der Waals surface area contributed by atoms with Gasteiger partial charge in [0.2, 0.25) is 0 Å². The molecule has 0 aromatic rings. The van der Waals surface area contributed by atoms with E-state index in [9.17, 15) is 19.2 Å². The van der Waals surface area contributed by atoms with E-state index in [1.807, 2.05) is 0 Å². The van der Waals surface area contributed by atoms with Gasteiger partial charge < -0.3 is 4.74 Å². The predicted molar refractivity (Wildman–Crippen MR) is 93.2 cm³/mol. The van der Waals surface area contributed by atoms with Crippen LogP contribution in [0, 0.1) is 17.8 Å². The number of ketones is 4. The molecule has 140 valence electrons. The van der Waals surface area contributed by atoms with Crippen LogP contribution >= 0.6 is 0 Å². The van der Waals surface area contributed by atoms with Gasteiger partial charge in [0.25, 0.3) is 0 Å². The molecular weight excluding hydrogens is 320 g/mol. The summed E-state index contributed by atoms with van der Waals surface area (Å²) in [6, 6.07) is 0. The quantitative estimate of drug-likeness (QED) is 0.736. The van der Waals surface area contributed by atoms with Crippen molar-refractivity contribution in [3.05, 3.63) is 0 Å². The number of methoxy groups -OCH3 is 1. The van der Waals surface area contributed by atoms with E-state index in [0.717, 1.165) is 32.1 Å². The molecule has 2 saturated carbocycles. The summed E-state index contributed by atoms with van der Waals surface area (Å²) in [6.07, 6.45) is 6.69. The average Bonchev–Trinajstić information content (AvgIpc) is 2.61. The topological polar surface area (TPSA) is 77.5 Å². The van der Waals surface area contributed by atoms with E-state index in [-0.39, 0.29) is 54.6 Å². The second-order valence-corrected chi connectivity index (χ2v) is 7.57. The Morgan fingerprint density at radius 1 is 1.00 bits per heavy atom. The summed E-state index contributed by atoms with van der Waals surface area (Å²) in [7, 11) is 1.47. The van der Waals surface area contributed by atoms with Crippen molar-refractivity contribution in [2.75, 3.05) is 13.7 Å². The summed E-state index contributed by atoms with van der Waals surface area (Å²) in [5.41, 5.74) is 0. The van der Waals surface area contributed by atoms with Gasteiger partial charge in [-0.05, 0) is 44.4 Å². The first kappa shape index (κ1) is 20.0. The summed E-state index contributed by atoms with van der Waals surface area (Å²) >= 11 is 0. The number of hydrogen-bond donors (Lipinski definition) is 0. The molecule has 0 spiro atoms. The minimum atomic E-state index is -0.0672. The second-order valence-electron chi connectivity index (χ2n) is 7.57. The first-order valence-corrected chi connectivity index (χ1v) is 9.59. The van der Waals surface area contributed by atoms with E-state index in [0.29, 0.717) is 31.5 Å². The summed E-state index contributed by atoms with van der Waals surface area (Å²) < 4.78 is 4.79. The predicted octanol–water partition coefficient (Wildman–Crippen LogP) is 3.08. The van der Waals surface area contributed by atoms with Crippen molar-refractivity contribution in [2.45, 2.75) is 70.6 Å². The van der Waals surface area contributed by atoms with Gasteiger partial charge in [0.1, 0.15) is 24.0 Å². The lowest BCUT2D eigenvalue weighted by molar-refractivity contribution is -0.132. The van der Waals surface area contributed by atoms with Crippen LogP contribution in [0.15, 0.2) is 0 Å². The van der Waals surface area contributed by atoms with Gasteiger partial charge >= 0.3 is 0 Å². The maximum Gasteiger partial charge on any atom is 0.158 e. The number of rotatable bonds is 6. The van der Waals surface area contributed by atoms with Crippen LogP contribution in [0.5, 0.6) is 0 Å². The third-order valence-electron chi connectivity index (χ3n) is 5.73. The molecular formula is C20H30O5. The Hall–Kier alpha value is -1.36. The maximum atomic E-state index is 12.5. The molecule has 0 radical (unpaired) electrons. The minimum absolute atomic E-state index is 0.0186. The number of carbonyl (C=O) groups excluding carboxylic acids is 4. The monoisotopic (exact) mass is 350 g/mol. The van der Waals surface area contributed by atoms with Crippen LogP contribution in [-0.2, 0) is 23.9 Å². The van der Waals surface area contributed by atoms with E-state index in [1.54, 1.807) is 0 Å². The highest BCUT2D eigenvalue weighted by Crippen LogP contribution is 2.39. The van der Waals surface area contributed by atoms with Crippen molar-refractivity contribution in [1.29, 1.82) is 0 Å². The molecule has 2 aliphatic rings. The highest BCUT2D eigenvalue weighted by molar-refractivity contribution is 5.88. The van der Waals surface area contributed by atoms with Crippen molar-refractivity contribution in [2.24, 2.45) is 17.8 Å². The summed E-state index contributed by atoms with van der Waals surface area (Å²) in [5, 5.41) is 0. The summed E-state index contributed by atoms with van der Waals surface area (Å²) in [5.74, 6) is 0.773. The average molecular weight is 350 g/mol. The Kier molecular flexibility index (Phi) is 7.94. The third-order valence-corrected chi connectivity index (χ3v) is 5.73. The molecule has 2 fully saturated rings. The zero-order valence-corrected chi connectivity index (χ0v) is 15.3. The van der Waals surface area contributed by atoms with Gasteiger partial charge in [-0.2, -0.15) is 0 Å². The zero-order valence-electron chi connectivity index (χ0n) is 15.3. The van der Waals surface area contributed by atoms with Crippen molar-refractivity contribution in [3.63, 3.8) is 0 Å². The van der Waals surface area contributed by atoms with Gasteiger partial charge in [-0.15, -0.1) is 0 Å². The van der Waals surface area contributed by atoms with Crippen LogP contribution in [0.25, 0.3) is 0 Å². The van der Waals surface area contributed by atoms with E-state index in [2.05, 4.69) is 0 Å². The van der Waals surface area contributed by atoms with Gasteiger partial charge in [0.05, 0.1) is 0 Å². The number of Topliss-reactive ketones (excluding diaryl/α,β-unsaturated/α-hetero) is 4. The maximum absolute atomic E-state index is 12.5. The van der Waals surface area contributed by atoms with Crippen LogP contribution < -0.4 is 0 Å². The molecule has 0 N–H and O–H groups in total. The first-order valence-electron chi connectivity index (χ1n) is 9.59. The zero-order chi connectivity index (χ0) is 18.2. The Labute approximate surface area is 149 Å². The van der Waals surface area contributed by atoms with Gasteiger partial charge in [-0.1, -0.05) is 0 Å². The van der Waals surface area contributed by atoms with Gasteiger partial charge in [0, 0.05) is 51.0 Å². The molecule has 2 aliphatic carbocycles. The van der Waals surface area contributed by atoms with Gasteiger partial charge in [-0.3, -0.25) is 19.2 Å². The highest BCUT2D eigenvalue weighted by Gasteiger charge is 2.37. The molecule has 0 bridgehead atoms. The van der Waals surface area contributed by atoms with E-state index in [4.69, 9.17) is 4.74 Å². The fourth-order valence-corrected chi connectivity index (χ4v) is 4.28. The first-order chi connectivity index (χ1) is 12.0. The number of carbonyl (C=O) groups is 4. The number of fused-ring (bicyclic) bond motifs is 1. The molecule has 3 atom stereocenters. The lowest BCUT2D eigenvalue weighted by atomic mass is 9.68. The van der Waals surface area contributed by atoms with Crippen molar-refractivity contribution >= 4 is 23.1 Å². The van der Waals surface area contributed by atoms with Crippen LogP contribution in [0.1, 0.15) is 70.6 Å². The Bertz CT molecular complexity index is 510. The van der Waals surface area contributed by atoms with E-state index < -0.39 is 0 Å². The molecule has 5 heteroatoms.